The van der Waals surface area contributed by atoms with Crippen LogP contribution in [0.5, 0.6) is 5.75 Å². The summed E-state index contributed by atoms with van der Waals surface area (Å²) in [5, 5.41) is 13.4. The van der Waals surface area contributed by atoms with Crippen LogP contribution in [0.4, 0.5) is 0 Å². The van der Waals surface area contributed by atoms with Crippen molar-refractivity contribution in [1.29, 1.82) is 5.26 Å². The first-order valence-corrected chi connectivity index (χ1v) is 5.79. The highest BCUT2D eigenvalue weighted by atomic mass is 16.5. The first-order chi connectivity index (χ1) is 8.67. The molecular weight excluding hydrogens is 226 g/mol. The summed E-state index contributed by atoms with van der Waals surface area (Å²) in [7, 11) is 1.63. The van der Waals surface area contributed by atoms with Crippen LogP contribution in [0.2, 0.25) is 0 Å². The normalized spacial score (nSPS) is 10.4. The molecule has 0 atom stereocenters. The van der Waals surface area contributed by atoms with Crippen molar-refractivity contribution in [2.75, 3.05) is 7.11 Å². The van der Waals surface area contributed by atoms with E-state index in [0.29, 0.717) is 5.56 Å². The number of nitrogens with zero attached hydrogens (tertiary/aromatic N) is 3. The summed E-state index contributed by atoms with van der Waals surface area (Å²) in [6, 6.07) is 9.82. The summed E-state index contributed by atoms with van der Waals surface area (Å²) >= 11 is 0. The molecule has 0 unspecified atom stereocenters. The molecule has 0 fully saturated rings. The number of aromatic nitrogens is 2. The summed E-state index contributed by atoms with van der Waals surface area (Å²) in [5.74, 6) is 1.00. The number of nitriles is 1. The van der Waals surface area contributed by atoms with E-state index in [1.165, 1.54) is 0 Å². The summed E-state index contributed by atoms with van der Waals surface area (Å²) in [5.41, 5.74) is 2.44. The lowest BCUT2D eigenvalue weighted by Gasteiger charge is -2.11. The van der Waals surface area contributed by atoms with Crippen molar-refractivity contribution in [1.82, 2.24) is 9.78 Å². The number of hydrogen-bond acceptors (Lipinski definition) is 3. The van der Waals surface area contributed by atoms with E-state index in [1.807, 2.05) is 24.3 Å². The van der Waals surface area contributed by atoms with Gasteiger partial charge in [0.25, 0.3) is 0 Å². The van der Waals surface area contributed by atoms with Gasteiger partial charge >= 0.3 is 0 Å². The van der Waals surface area contributed by atoms with Crippen LogP contribution in [0.1, 0.15) is 31.0 Å². The lowest BCUT2D eigenvalue weighted by Crippen LogP contribution is -2.05. The molecule has 1 heterocycles. The predicted octanol–water partition coefficient (Wildman–Crippen LogP) is 2.88. The zero-order chi connectivity index (χ0) is 13.1. The molecule has 0 aliphatic heterocycles. The predicted molar refractivity (Wildman–Crippen MR) is 68.9 cm³/mol. The smallest absolute Gasteiger partial charge is 0.121 e. The van der Waals surface area contributed by atoms with Crippen molar-refractivity contribution in [2.24, 2.45) is 0 Å². The number of benzene rings is 1. The Morgan fingerprint density at radius 2 is 2.17 bits per heavy atom. The molecule has 0 spiro atoms. The quantitative estimate of drug-likeness (QED) is 0.830. The summed E-state index contributed by atoms with van der Waals surface area (Å²) in [4.78, 5) is 0. The fraction of sp³-hybridized carbons (Fsp3) is 0.286. The Kier molecular flexibility index (Phi) is 3.33. The minimum atomic E-state index is 0.230. The lowest BCUT2D eigenvalue weighted by molar-refractivity contribution is 0.414. The van der Waals surface area contributed by atoms with Gasteiger partial charge < -0.3 is 4.74 Å². The van der Waals surface area contributed by atoms with E-state index >= 15 is 0 Å². The van der Waals surface area contributed by atoms with Crippen LogP contribution in [-0.2, 0) is 0 Å². The van der Waals surface area contributed by atoms with E-state index in [0.717, 1.165) is 17.1 Å². The third kappa shape index (κ3) is 2.07. The van der Waals surface area contributed by atoms with E-state index in [1.54, 1.807) is 18.0 Å². The molecule has 0 saturated heterocycles. The summed E-state index contributed by atoms with van der Waals surface area (Å²) < 4.78 is 7.00. The minimum absolute atomic E-state index is 0.230. The molecule has 0 amide bonds. The topological polar surface area (TPSA) is 50.8 Å². The first-order valence-electron chi connectivity index (χ1n) is 5.79. The van der Waals surface area contributed by atoms with E-state index in [2.05, 4.69) is 25.0 Å². The Balaban J connectivity index is 2.57. The third-order valence-corrected chi connectivity index (χ3v) is 2.77. The molecule has 1 aromatic carbocycles. The van der Waals surface area contributed by atoms with Gasteiger partial charge in [0.05, 0.1) is 30.3 Å². The number of hydrogen-bond donors (Lipinski definition) is 0. The molecule has 0 bridgehead atoms. The number of methoxy groups -OCH3 is 1. The van der Waals surface area contributed by atoms with Crippen molar-refractivity contribution < 1.29 is 4.74 Å². The van der Waals surface area contributed by atoms with Crippen LogP contribution in [0.15, 0.2) is 30.5 Å². The highest BCUT2D eigenvalue weighted by Crippen LogP contribution is 2.24. The molecule has 1 aromatic heterocycles. The standard InChI is InChI=1S/C14H15N3O/c1-10(2)14-11(8-15)9-16-17(14)12-5-4-6-13(7-12)18-3/h4-7,9-10H,1-3H3. The van der Waals surface area contributed by atoms with Crippen LogP contribution in [0, 0.1) is 11.3 Å². The summed E-state index contributed by atoms with van der Waals surface area (Å²) in [6.45, 7) is 4.10. The van der Waals surface area contributed by atoms with Gasteiger partial charge in [0.1, 0.15) is 11.8 Å². The van der Waals surface area contributed by atoms with Crippen molar-refractivity contribution in [3.05, 3.63) is 41.7 Å². The molecule has 0 N–H and O–H groups in total. The van der Waals surface area contributed by atoms with Crippen LogP contribution in [-0.4, -0.2) is 16.9 Å². The van der Waals surface area contributed by atoms with E-state index in [4.69, 9.17) is 10.00 Å². The Morgan fingerprint density at radius 3 is 2.78 bits per heavy atom. The van der Waals surface area contributed by atoms with Crippen molar-refractivity contribution in [3.63, 3.8) is 0 Å². The number of rotatable bonds is 3. The molecule has 2 aromatic rings. The van der Waals surface area contributed by atoms with Gasteiger partial charge in [-0.3, -0.25) is 0 Å². The second-order valence-corrected chi connectivity index (χ2v) is 4.32. The van der Waals surface area contributed by atoms with E-state index < -0.39 is 0 Å². The van der Waals surface area contributed by atoms with E-state index in [9.17, 15) is 0 Å². The minimum Gasteiger partial charge on any atom is -0.497 e. The molecule has 0 aliphatic rings. The third-order valence-electron chi connectivity index (χ3n) is 2.77. The van der Waals surface area contributed by atoms with Gasteiger partial charge in [-0.25, -0.2) is 4.68 Å². The van der Waals surface area contributed by atoms with Crippen molar-refractivity contribution >= 4 is 0 Å². The molecule has 4 heteroatoms. The Morgan fingerprint density at radius 1 is 1.39 bits per heavy atom. The molecule has 92 valence electrons. The van der Waals surface area contributed by atoms with Crippen molar-refractivity contribution in [3.8, 4) is 17.5 Å². The van der Waals surface area contributed by atoms with Gasteiger partial charge in [0, 0.05) is 6.07 Å². The van der Waals surface area contributed by atoms with Crippen LogP contribution in [0.3, 0.4) is 0 Å². The van der Waals surface area contributed by atoms with Crippen molar-refractivity contribution in [2.45, 2.75) is 19.8 Å². The van der Waals surface area contributed by atoms with Gasteiger partial charge in [0.15, 0.2) is 0 Å². The number of ether oxygens (including phenoxy) is 1. The Labute approximate surface area is 106 Å². The van der Waals surface area contributed by atoms with Gasteiger partial charge in [-0.2, -0.15) is 10.4 Å². The molecular formula is C14H15N3O. The van der Waals surface area contributed by atoms with Gasteiger partial charge in [-0.1, -0.05) is 19.9 Å². The molecule has 18 heavy (non-hydrogen) atoms. The zero-order valence-corrected chi connectivity index (χ0v) is 10.7. The first kappa shape index (κ1) is 12.2. The highest BCUT2D eigenvalue weighted by molar-refractivity contribution is 5.44. The maximum absolute atomic E-state index is 9.10. The second-order valence-electron chi connectivity index (χ2n) is 4.32. The molecule has 2 rings (SSSR count). The van der Waals surface area contributed by atoms with Gasteiger partial charge in [-0.15, -0.1) is 0 Å². The molecule has 0 radical (unpaired) electrons. The lowest BCUT2D eigenvalue weighted by atomic mass is 10.1. The van der Waals surface area contributed by atoms with Gasteiger partial charge in [-0.05, 0) is 18.1 Å². The average Bonchev–Trinajstić information content (AvgIpc) is 2.82. The maximum Gasteiger partial charge on any atom is 0.121 e. The monoisotopic (exact) mass is 241 g/mol. The van der Waals surface area contributed by atoms with Crippen LogP contribution < -0.4 is 4.74 Å². The van der Waals surface area contributed by atoms with Crippen LogP contribution in [0.25, 0.3) is 5.69 Å². The molecule has 0 aliphatic carbocycles. The average molecular weight is 241 g/mol. The van der Waals surface area contributed by atoms with E-state index in [-0.39, 0.29) is 5.92 Å². The SMILES string of the molecule is COc1cccc(-n2ncc(C#N)c2C(C)C)c1. The second kappa shape index (κ2) is 4.92. The molecule has 4 nitrogen and oxygen atoms in total. The Hall–Kier alpha value is -2.28. The summed E-state index contributed by atoms with van der Waals surface area (Å²) in [6.07, 6.45) is 1.61. The fourth-order valence-electron chi connectivity index (χ4n) is 1.95. The maximum atomic E-state index is 9.10. The largest absolute Gasteiger partial charge is 0.497 e. The van der Waals surface area contributed by atoms with Crippen LogP contribution >= 0.6 is 0 Å². The van der Waals surface area contributed by atoms with Gasteiger partial charge in [0.2, 0.25) is 0 Å². The zero-order valence-electron chi connectivity index (χ0n) is 10.7. The molecule has 0 saturated carbocycles. The Bertz CT molecular complexity index is 593. The fourth-order valence-corrected chi connectivity index (χ4v) is 1.95. The highest BCUT2D eigenvalue weighted by Gasteiger charge is 2.15.